The first kappa shape index (κ1) is 19.6. The number of aldehydes is 1. The number of carbonyl (C=O) groups is 1. The quantitative estimate of drug-likeness (QED) is 0.800. The molecule has 0 bridgehead atoms. The van der Waals surface area contributed by atoms with E-state index in [-0.39, 0.29) is 12.4 Å². The van der Waals surface area contributed by atoms with E-state index in [1.165, 1.54) is 6.08 Å². The molecule has 108 valence electrons. The van der Waals surface area contributed by atoms with Crippen molar-refractivity contribution >= 4 is 6.29 Å². The molecule has 0 heterocycles. The van der Waals surface area contributed by atoms with Crippen molar-refractivity contribution in [2.75, 3.05) is 20.3 Å². The lowest BCUT2D eigenvalue weighted by molar-refractivity contribution is -0.353. The summed E-state index contributed by atoms with van der Waals surface area (Å²) in [6, 6.07) is 6.49. The van der Waals surface area contributed by atoms with Gasteiger partial charge in [0, 0.05) is 18.7 Å². The predicted molar refractivity (Wildman–Crippen MR) is 73.8 cm³/mol. The predicted octanol–water partition coefficient (Wildman–Crippen LogP) is 1.61. The monoisotopic (exact) mass is 272 g/mol. The minimum Gasteiger partial charge on any atom is -0.487 e. The fourth-order valence-electron chi connectivity index (χ4n) is 1.01. The van der Waals surface area contributed by atoms with Gasteiger partial charge in [-0.25, -0.2) is 4.39 Å². The third-order valence-corrected chi connectivity index (χ3v) is 1.76. The van der Waals surface area contributed by atoms with Crippen LogP contribution in [0.5, 0.6) is 5.75 Å². The summed E-state index contributed by atoms with van der Waals surface area (Å²) < 4.78 is 18.0. The van der Waals surface area contributed by atoms with E-state index < -0.39 is 0 Å². The average molecular weight is 272 g/mol. The Hall–Kier alpha value is -1.72. The summed E-state index contributed by atoms with van der Waals surface area (Å²) in [5.74, 6) is 0.192. The number of aliphatic hydroxyl groups excluding tert-OH is 1. The van der Waals surface area contributed by atoms with Crippen LogP contribution < -0.4 is 10.5 Å². The minimum absolute atomic E-state index is 0.101. The van der Waals surface area contributed by atoms with Crippen molar-refractivity contribution in [3.8, 4) is 5.75 Å². The lowest BCUT2D eigenvalue weighted by Crippen LogP contribution is -2.49. The molecule has 0 amide bonds. The number of ether oxygens (including phenoxy) is 1. The second kappa shape index (κ2) is 14.3. The van der Waals surface area contributed by atoms with Crippen molar-refractivity contribution in [1.82, 2.24) is 0 Å². The van der Waals surface area contributed by atoms with Crippen molar-refractivity contribution in [2.45, 2.75) is 13.8 Å². The Morgan fingerprint density at radius 1 is 1.32 bits per heavy atom. The fourth-order valence-corrected chi connectivity index (χ4v) is 1.01. The van der Waals surface area contributed by atoms with Gasteiger partial charge in [0.2, 0.25) is 0 Å². The van der Waals surface area contributed by atoms with E-state index in [9.17, 15) is 9.18 Å². The molecule has 0 atom stereocenters. The van der Waals surface area contributed by atoms with Gasteiger partial charge in [-0.1, -0.05) is 13.8 Å². The average Bonchev–Trinajstić information content (AvgIpc) is 2.50. The number of quaternary nitrogens is 1. The molecule has 0 aliphatic heterocycles. The maximum Gasteiger partial charge on any atom is 0.150 e. The van der Waals surface area contributed by atoms with Crippen LogP contribution in [0.3, 0.4) is 0 Å². The highest BCUT2D eigenvalue weighted by molar-refractivity contribution is 5.74. The van der Waals surface area contributed by atoms with Crippen LogP contribution >= 0.6 is 0 Å². The Morgan fingerprint density at radius 2 is 1.84 bits per heavy atom. The zero-order chi connectivity index (χ0) is 15.1. The maximum absolute atomic E-state index is 12.9. The molecule has 0 aromatic heterocycles. The van der Waals surface area contributed by atoms with Crippen LogP contribution in [-0.2, 0) is 0 Å². The number of aliphatic hydroxyl groups is 1. The Labute approximate surface area is 113 Å². The number of rotatable bonds is 5. The van der Waals surface area contributed by atoms with Gasteiger partial charge in [0.05, 0.1) is 6.54 Å². The molecular formula is C14H23FNO3+. The molecule has 0 fully saturated rings. The lowest BCUT2D eigenvalue weighted by Gasteiger charge is -2.03. The number of benzene rings is 1. The molecule has 0 unspecified atom stereocenters. The fraction of sp³-hybridized carbons (Fsp3) is 0.357. The minimum atomic E-state index is -0.343. The lowest BCUT2D eigenvalue weighted by atomic mass is 10.2. The SMILES string of the molecule is CC.CO.[NH3+]C/C=C(/F)COc1ccc(C=O)cc1. The second-order valence-electron chi connectivity index (χ2n) is 2.92. The van der Waals surface area contributed by atoms with Gasteiger partial charge in [0.25, 0.3) is 0 Å². The summed E-state index contributed by atoms with van der Waals surface area (Å²) in [4.78, 5) is 10.4. The molecule has 0 saturated heterocycles. The molecule has 0 aliphatic rings. The normalized spacial score (nSPS) is 9.47. The Kier molecular flexibility index (Phi) is 14.8. The van der Waals surface area contributed by atoms with Gasteiger partial charge in [-0.15, -0.1) is 0 Å². The summed E-state index contributed by atoms with van der Waals surface area (Å²) in [6.45, 7) is 4.30. The summed E-state index contributed by atoms with van der Waals surface area (Å²) >= 11 is 0. The first-order chi connectivity index (χ1) is 9.26. The largest absolute Gasteiger partial charge is 0.487 e. The van der Waals surface area contributed by atoms with Gasteiger partial charge in [0.15, 0.2) is 0 Å². The van der Waals surface area contributed by atoms with Crippen molar-refractivity contribution < 1.29 is 24.8 Å². The molecule has 1 aromatic rings. The van der Waals surface area contributed by atoms with Gasteiger partial charge >= 0.3 is 0 Å². The van der Waals surface area contributed by atoms with E-state index in [1.807, 2.05) is 13.8 Å². The number of hydrogen-bond acceptors (Lipinski definition) is 3. The molecule has 1 aromatic carbocycles. The zero-order valence-electron chi connectivity index (χ0n) is 11.7. The summed E-state index contributed by atoms with van der Waals surface area (Å²) in [5.41, 5.74) is 4.06. The van der Waals surface area contributed by atoms with Crippen LogP contribution in [0.1, 0.15) is 24.2 Å². The third kappa shape index (κ3) is 9.93. The van der Waals surface area contributed by atoms with Crippen molar-refractivity contribution in [2.24, 2.45) is 0 Å². The molecule has 4 N–H and O–H groups in total. The van der Waals surface area contributed by atoms with E-state index in [4.69, 9.17) is 9.84 Å². The second-order valence-corrected chi connectivity index (χ2v) is 2.92. The number of hydrogen-bond donors (Lipinski definition) is 2. The van der Waals surface area contributed by atoms with Crippen LogP contribution in [0.4, 0.5) is 4.39 Å². The Balaban J connectivity index is 0. The molecule has 0 radical (unpaired) electrons. The molecule has 1 rings (SSSR count). The highest BCUT2D eigenvalue weighted by Crippen LogP contribution is 2.12. The van der Waals surface area contributed by atoms with Crippen molar-refractivity contribution in [3.63, 3.8) is 0 Å². The molecule has 0 aliphatic carbocycles. The summed E-state index contributed by atoms with van der Waals surface area (Å²) in [6.07, 6.45) is 2.10. The summed E-state index contributed by atoms with van der Waals surface area (Å²) in [5, 5.41) is 7.00. The van der Waals surface area contributed by atoms with Gasteiger partial charge in [0.1, 0.15) is 24.5 Å². The number of halogens is 1. The van der Waals surface area contributed by atoms with Crippen LogP contribution in [0.15, 0.2) is 36.2 Å². The highest BCUT2D eigenvalue weighted by atomic mass is 19.1. The van der Waals surface area contributed by atoms with E-state index >= 15 is 0 Å². The van der Waals surface area contributed by atoms with Crippen molar-refractivity contribution in [1.29, 1.82) is 0 Å². The van der Waals surface area contributed by atoms with E-state index in [0.29, 0.717) is 17.9 Å². The Morgan fingerprint density at radius 3 is 2.26 bits per heavy atom. The van der Waals surface area contributed by atoms with Crippen molar-refractivity contribution in [3.05, 3.63) is 41.7 Å². The highest BCUT2D eigenvalue weighted by Gasteiger charge is 1.97. The van der Waals surface area contributed by atoms with Gasteiger partial charge in [-0.3, -0.25) is 4.79 Å². The molecule has 0 saturated carbocycles. The van der Waals surface area contributed by atoms with E-state index in [2.05, 4.69) is 5.73 Å². The van der Waals surface area contributed by atoms with E-state index in [1.54, 1.807) is 24.3 Å². The number of carbonyl (C=O) groups excluding carboxylic acids is 1. The van der Waals surface area contributed by atoms with Gasteiger partial charge < -0.3 is 15.6 Å². The Bertz CT molecular complexity index is 350. The molecule has 4 nitrogen and oxygen atoms in total. The standard InChI is InChI=1S/C11H12FNO2.C2H6.CH4O/c12-10(5-6-13)8-15-11-3-1-9(7-14)2-4-11;2*1-2/h1-5,7H,6,8,13H2;1-2H3;2H,1H3/p+1/b10-5+;;. The van der Waals surface area contributed by atoms with Gasteiger partial charge in [-0.05, 0) is 24.3 Å². The van der Waals surface area contributed by atoms with Gasteiger partial charge in [-0.2, -0.15) is 0 Å². The van der Waals surface area contributed by atoms with Crippen LogP contribution in [0.2, 0.25) is 0 Å². The van der Waals surface area contributed by atoms with Crippen LogP contribution in [0, 0.1) is 0 Å². The molecule has 0 spiro atoms. The first-order valence-electron chi connectivity index (χ1n) is 6.03. The molecule has 5 heteroatoms. The molecular weight excluding hydrogens is 249 g/mol. The summed E-state index contributed by atoms with van der Waals surface area (Å²) in [7, 11) is 1.00. The van der Waals surface area contributed by atoms with Crippen LogP contribution in [-0.4, -0.2) is 31.7 Å². The van der Waals surface area contributed by atoms with Crippen LogP contribution in [0.25, 0.3) is 0 Å². The topological polar surface area (TPSA) is 74.2 Å². The first-order valence-corrected chi connectivity index (χ1v) is 6.03. The maximum atomic E-state index is 12.9. The molecule has 19 heavy (non-hydrogen) atoms. The smallest absolute Gasteiger partial charge is 0.150 e. The van der Waals surface area contributed by atoms with E-state index in [0.717, 1.165) is 13.4 Å². The third-order valence-electron chi connectivity index (χ3n) is 1.76. The zero-order valence-corrected chi connectivity index (χ0v) is 11.7.